The average molecular weight is 219 g/mol. The van der Waals surface area contributed by atoms with Crippen LogP contribution in [-0.2, 0) is 0 Å². The van der Waals surface area contributed by atoms with Gasteiger partial charge in [-0.15, -0.1) is 0 Å². The maximum absolute atomic E-state index is 5.95. The predicted molar refractivity (Wildman–Crippen MR) is 66.1 cm³/mol. The Balaban J connectivity index is 2.29. The molecule has 0 radical (unpaired) electrons. The maximum Gasteiger partial charge on any atom is 0.141 e. The molecule has 0 N–H and O–H groups in total. The molecule has 0 unspecified atom stereocenters. The molecule has 2 nitrogen and oxygen atoms in total. The van der Waals surface area contributed by atoms with Crippen molar-refractivity contribution in [2.24, 2.45) is 0 Å². The van der Waals surface area contributed by atoms with E-state index in [2.05, 4.69) is 38.7 Å². The summed E-state index contributed by atoms with van der Waals surface area (Å²) in [5, 5.41) is 0. The summed E-state index contributed by atoms with van der Waals surface area (Å²) in [6, 6.07) is 2.17. The molecule has 88 valence electrons. The van der Waals surface area contributed by atoms with Crippen molar-refractivity contribution in [3.63, 3.8) is 0 Å². The predicted octanol–water partition coefficient (Wildman–Crippen LogP) is 3.87. The topological polar surface area (TPSA) is 22.1 Å². The molecule has 1 heterocycles. The third-order valence-corrected chi connectivity index (χ3v) is 2.93. The number of ether oxygens (including phenoxy) is 1. The van der Waals surface area contributed by atoms with Crippen molar-refractivity contribution in [1.29, 1.82) is 0 Å². The lowest BCUT2D eigenvalue weighted by Crippen LogP contribution is -2.04. The summed E-state index contributed by atoms with van der Waals surface area (Å²) in [5.74, 6) is 1.94. The van der Waals surface area contributed by atoms with E-state index in [9.17, 15) is 0 Å². The van der Waals surface area contributed by atoms with Crippen LogP contribution in [0.2, 0.25) is 0 Å². The Labute approximate surface area is 98.0 Å². The smallest absolute Gasteiger partial charge is 0.141 e. The Morgan fingerprint density at radius 3 is 2.38 bits per heavy atom. The van der Waals surface area contributed by atoms with E-state index in [0.717, 1.165) is 11.4 Å². The molecule has 16 heavy (non-hydrogen) atoms. The molecule has 1 aromatic heterocycles. The summed E-state index contributed by atoms with van der Waals surface area (Å²) >= 11 is 0. The molecule has 0 amide bonds. The molecule has 2 rings (SSSR count). The average Bonchev–Trinajstić information content (AvgIpc) is 3.01. The number of hydrogen-bond acceptors (Lipinski definition) is 2. The molecular formula is C14H21NO. The highest BCUT2D eigenvalue weighted by atomic mass is 16.5. The molecule has 0 spiro atoms. The fourth-order valence-corrected chi connectivity index (χ4v) is 1.68. The van der Waals surface area contributed by atoms with Gasteiger partial charge >= 0.3 is 0 Å². The van der Waals surface area contributed by atoms with Crippen molar-refractivity contribution in [2.45, 2.75) is 58.5 Å². The number of nitrogens with zero attached hydrogens (tertiary/aromatic N) is 1. The standard InChI is InChI=1S/C14H21NO/c1-9(2)11-7-13(16-12-5-6-12)14(10(3)4)15-8-11/h7-10,12H,5-6H2,1-4H3. The highest BCUT2D eigenvalue weighted by Crippen LogP contribution is 2.33. The SMILES string of the molecule is CC(C)c1cnc(C(C)C)c(OC2CC2)c1. The van der Waals surface area contributed by atoms with Crippen LogP contribution in [0.3, 0.4) is 0 Å². The molecule has 0 aliphatic heterocycles. The summed E-state index contributed by atoms with van der Waals surface area (Å²) in [6.07, 6.45) is 4.83. The number of pyridine rings is 1. The minimum Gasteiger partial charge on any atom is -0.488 e. The van der Waals surface area contributed by atoms with Gasteiger partial charge in [-0.1, -0.05) is 27.7 Å². The van der Waals surface area contributed by atoms with Gasteiger partial charge in [-0.25, -0.2) is 0 Å². The molecule has 1 aromatic rings. The van der Waals surface area contributed by atoms with Gasteiger partial charge in [0, 0.05) is 6.20 Å². The molecule has 0 bridgehead atoms. The van der Waals surface area contributed by atoms with E-state index in [1.165, 1.54) is 18.4 Å². The van der Waals surface area contributed by atoms with Crippen LogP contribution in [0.5, 0.6) is 5.75 Å². The molecule has 2 heteroatoms. The van der Waals surface area contributed by atoms with Crippen LogP contribution in [0.4, 0.5) is 0 Å². The minimum absolute atomic E-state index is 0.426. The number of aromatic nitrogens is 1. The van der Waals surface area contributed by atoms with Crippen LogP contribution in [0, 0.1) is 0 Å². The summed E-state index contributed by atoms with van der Waals surface area (Å²) in [5.41, 5.74) is 2.36. The first-order chi connectivity index (χ1) is 7.58. The van der Waals surface area contributed by atoms with Gasteiger partial charge in [-0.05, 0) is 36.3 Å². The van der Waals surface area contributed by atoms with E-state index in [1.54, 1.807) is 0 Å². The Morgan fingerprint density at radius 2 is 1.88 bits per heavy atom. The highest BCUT2D eigenvalue weighted by molar-refractivity contribution is 5.35. The first-order valence-electron chi connectivity index (χ1n) is 6.24. The second-order valence-corrected chi connectivity index (χ2v) is 5.28. The van der Waals surface area contributed by atoms with Gasteiger partial charge < -0.3 is 4.74 Å². The van der Waals surface area contributed by atoms with Crippen LogP contribution >= 0.6 is 0 Å². The van der Waals surface area contributed by atoms with Crippen LogP contribution in [0.15, 0.2) is 12.3 Å². The lowest BCUT2D eigenvalue weighted by Gasteiger charge is -2.15. The molecule has 1 aliphatic rings. The van der Waals surface area contributed by atoms with Gasteiger partial charge in [0.05, 0.1) is 11.8 Å². The molecule has 0 aromatic carbocycles. The molecule has 1 fully saturated rings. The van der Waals surface area contributed by atoms with Crippen molar-refractivity contribution in [3.05, 3.63) is 23.5 Å². The zero-order valence-electron chi connectivity index (χ0n) is 10.7. The van der Waals surface area contributed by atoms with Gasteiger partial charge in [0.15, 0.2) is 0 Å². The monoisotopic (exact) mass is 219 g/mol. The second-order valence-electron chi connectivity index (χ2n) is 5.28. The Bertz CT molecular complexity index is 367. The van der Waals surface area contributed by atoms with Gasteiger partial charge in [-0.2, -0.15) is 0 Å². The molecule has 0 atom stereocenters. The van der Waals surface area contributed by atoms with E-state index in [4.69, 9.17) is 4.74 Å². The van der Waals surface area contributed by atoms with Crippen LogP contribution in [0.25, 0.3) is 0 Å². The van der Waals surface area contributed by atoms with Gasteiger partial charge in [0.1, 0.15) is 5.75 Å². The fraction of sp³-hybridized carbons (Fsp3) is 0.643. The van der Waals surface area contributed by atoms with Crippen LogP contribution in [-0.4, -0.2) is 11.1 Å². The van der Waals surface area contributed by atoms with E-state index < -0.39 is 0 Å². The van der Waals surface area contributed by atoms with Gasteiger partial charge in [0.2, 0.25) is 0 Å². The van der Waals surface area contributed by atoms with Crippen LogP contribution in [0.1, 0.15) is 63.6 Å². The molecule has 1 saturated carbocycles. The maximum atomic E-state index is 5.95. The Kier molecular flexibility index (Phi) is 3.17. The Hall–Kier alpha value is -1.05. The zero-order valence-corrected chi connectivity index (χ0v) is 10.7. The summed E-state index contributed by atoms with van der Waals surface area (Å²) < 4.78 is 5.95. The van der Waals surface area contributed by atoms with Crippen molar-refractivity contribution in [2.75, 3.05) is 0 Å². The van der Waals surface area contributed by atoms with E-state index >= 15 is 0 Å². The van der Waals surface area contributed by atoms with Crippen LogP contribution < -0.4 is 4.74 Å². The Morgan fingerprint density at radius 1 is 1.19 bits per heavy atom. The third kappa shape index (κ3) is 2.55. The zero-order chi connectivity index (χ0) is 11.7. The van der Waals surface area contributed by atoms with E-state index in [-0.39, 0.29) is 0 Å². The van der Waals surface area contributed by atoms with Gasteiger partial charge in [0.25, 0.3) is 0 Å². The number of rotatable bonds is 4. The van der Waals surface area contributed by atoms with Gasteiger partial charge in [-0.3, -0.25) is 4.98 Å². The fourth-order valence-electron chi connectivity index (χ4n) is 1.68. The van der Waals surface area contributed by atoms with E-state index in [0.29, 0.717) is 17.9 Å². The molecular weight excluding hydrogens is 198 g/mol. The highest BCUT2D eigenvalue weighted by Gasteiger charge is 2.25. The summed E-state index contributed by atoms with van der Waals surface area (Å²) in [4.78, 5) is 4.56. The normalized spacial score (nSPS) is 15.9. The first-order valence-corrected chi connectivity index (χ1v) is 6.24. The first kappa shape index (κ1) is 11.4. The van der Waals surface area contributed by atoms with Crippen molar-refractivity contribution in [3.8, 4) is 5.75 Å². The minimum atomic E-state index is 0.426. The van der Waals surface area contributed by atoms with Crippen molar-refractivity contribution in [1.82, 2.24) is 4.98 Å². The van der Waals surface area contributed by atoms with E-state index in [1.807, 2.05) is 6.20 Å². The second kappa shape index (κ2) is 4.44. The summed E-state index contributed by atoms with van der Waals surface area (Å²) in [7, 11) is 0. The third-order valence-electron chi connectivity index (χ3n) is 2.93. The lowest BCUT2D eigenvalue weighted by molar-refractivity contribution is 0.296. The largest absolute Gasteiger partial charge is 0.488 e. The van der Waals surface area contributed by atoms with Crippen molar-refractivity contribution < 1.29 is 4.74 Å². The summed E-state index contributed by atoms with van der Waals surface area (Å²) in [6.45, 7) is 8.70. The molecule has 0 saturated heterocycles. The molecule has 1 aliphatic carbocycles. The van der Waals surface area contributed by atoms with Crippen molar-refractivity contribution >= 4 is 0 Å². The quantitative estimate of drug-likeness (QED) is 0.767. The number of hydrogen-bond donors (Lipinski definition) is 0. The lowest BCUT2D eigenvalue weighted by atomic mass is 10.0.